The summed E-state index contributed by atoms with van der Waals surface area (Å²) < 4.78 is 5.70. The molecule has 1 aromatic carbocycles. The Kier molecular flexibility index (Phi) is 4.48. The summed E-state index contributed by atoms with van der Waals surface area (Å²) in [5.74, 6) is 0. The minimum Gasteiger partial charge on any atom is -0.378 e. The van der Waals surface area contributed by atoms with E-state index in [2.05, 4.69) is 49.9 Å². The van der Waals surface area contributed by atoms with Crippen molar-refractivity contribution in [2.75, 3.05) is 24.6 Å². The highest BCUT2D eigenvalue weighted by Gasteiger charge is 2.47. The average molecular weight is 262 g/mol. The molecule has 3 heteroatoms. The summed E-state index contributed by atoms with van der Waals surface area (Å²) in [6.07, 6.45) is 2.46. The minimum absolute atomic E-state index is 0.0871. The van der Waals surface area contributed by atoms with Crippen molar-refractivity contribution in [2.24, 2.45) is 5.73 Å². The molecular weight excluding hydrogens is 236 g/mol. The topological polar surface area (TPSA) is 38.5 Å². The highest BCUT2D eigenvalue weighted by atomic mass is 16.5. The minimum atomic E-state index is 0.0871. The van der Waals surface area contributed by atoms with Crippen LogP contribution in [0.4, 0.5) is 5.69 Å². The molecule has 0 bridgehead atoms. The number of nitrogens with zero attached hydrogens (tertiary/aromatic N) is 1. The van der Waals surface area contributed by atoms with Crippen molar-refractivity contribution in [3.05, 3.63) is 29.8 Å². The van der Waals surface area contributed by atoms with E-state index >= 15 is 0 Å². The zero-order valence-electron chi connectivity index (χ0n) is 12.4. The van der Waals surface area contributed by atoms with Crippen LogP contribution in [-0.2, 0) is 4.74 Å². The molecule has 0 aromatic heterocycles. The zero-order chi connectivity index (χ0) is 13.9. The Balaban J connectivity index is 2.14. The van der Waals surface area contributed by atoms with Crippen LogP contribution in [0.15, 0.2) is 24.3 Å². The van der Waals surface area contributed by atoms with Crippen molar-refractivity contribution < 1.29 is 4.74 Å². The third-order valence-electron chi connectivity index (χ3n) is 4.23. The Hall–Kier alpha value is -1.06. The lowest BCUT2D eigenvalue weighted by molar-refractivity contribution is -0.0367. The fourth-order valence-corrected chi connectivity index (χ4v) is 3.16. The second-order valence-corrected chi connectivity index (χ2v) is 5.49. The summed E-state index contributed by atoms with van der Waals surface area (Å²) >= 11 is 0. The molecule has 106 valence electrons. The molecule has 0 atom stereocenters. The molecule has 0 saturated heterocycles. The van der Waals surface area contributed by atoms with E-state index in [-0.39, 0.29) is 5.54 Å². The van der Waals surface area contributed by atoms with Gasteiger partial charge in [-0.2, -0.15) is 0 Å². The summed E-state index contributed by atoms with van der Waals surface area (Å²) in [4.78, 5) is 2.45. The van der Waals surface area contributed by atoms with Gasteiger partial charge in [-0.15, -0.1) is 0 Å². The van der Waals surface area contributed by atoms with Crippen LogP contribution in [-0.4, -0.2) is 31.3 Å². The molecule has 0 amide bonds. The molecule has 3 nitrogen and oxygen atoms in total. The SMILES string of the molecule is CCOC1CC(CN)(N(CC)c2ccc(C)cc2)C1. The fraction of sp³-hybridized carbons (Fsp3) is 0.625. The lowest BCUT2D eigenvalue weighted by Gasteiger charge is -2.54. The van der Waals surface area contributed by atoms with Crippen LogP contribution in [0, 0.1) is 6.92 Å². The molecule has 0 heterocycles. The number of anilines is 1. The van der Waals surface area contributed by atoms with Gasteiger partial charge in [0.05, 0.1) is 11.6 Å². The lowest BCUT2D eigenvalue weighted by Crippen LogP contribution is -2.64. The molecule has 2 rings (SSSR count). The maximum atomic E-state index is 6.07. The number of benzene rings is 1. The Morgan fingerprint density at radius 1 is 1.26 bits per heavy atom. The van der Waals surface area contributed by atoms with Crippen LogP contribution in [0.5, 0.6) is 0 Å². The highest BCUT2D eigenvalue weighted by molar-refractivity contribution is 5.51. The molecule has 0 aliphatic heterocycles. The van der Waals surface area contributed by atoms with Crippen LogP contribution in [0.3, 0.4) is 0 Å². The fourth-order valence-electron chi connectivity index (χ4n) is 3.16. The van der Waals surface area contributed by atoms with E-state index in [9.17, 15) is 0 Å². The zero-order valence-corrected chi connectivity index (χ0v) is 12.4. The van der Waals surface area contributed by atoms with Gasteiger partial charge >= 0.3 is 0 Å². The van der Waals surface area contributed by atoms with Gasteiger partial charge in [0.15, 0.2) is 0 Å². The Morgan fingerprint density at radius 2 is 1.89 bits per heavy atom. The van der Waals surface area contributed by atoms with Gasteiger partial charge in [-0.05, 0) is 45.7 Å². The van der Waals surface area contributed by atoms with E-state index in [1.807, 2.05) is 0 Å². The summed E-state index contributed by atoms with van der Waals surface area (Å²) in [6, 6.07) is 8.73. The third kappa shape index (κ3) is 2.77. The van der Waals surface area contributed by atoms with Crippen molar-refractivity contribution in [3.63, 3.8) is 0 Å². The van der Waals surface area contributed by atoms with Crippen LogP contribution in [0.2, 0.25) is 0 Å². The number of aryl methyl sites for hydroxylation is 1. The number of nitrogens with two attached hydrogens (primary N) is 1. The maximum absolute atomic E-state index is 6.07. The second kappa shape index (κ2) is 5.93. The molecule has 0 unspecified atom stereocenters. The molecule has 0 radical (unpaired) electrons. The number of ether oxygens (including phenoxy) is 1. The van der Waals surface area contributed by atoms with Crippen LogP contribution in [0.1, 0.15) is 32.3 Å². The quantitative estimate of drug-likeness (QED) is 0.856. The molecule has 1 saturated carbocycles. The molecule has 1 aliphatic rings. The van der Waals surface area contributed by atoms with Gasteiger partial charge in [0.1, 0.15) is 0 Å². The van der Waals surface area contributed by atoms with Crippen molar-refractivity contribution in [1.29, 1.82) is 0 Å². The maximum Gasteiger partial charge on any atom is 0.0620 e. The smallest absolute Gasteiger partial charge is 0.0620 e. The van der Waals surface area contributed by atoms with E-state index in [0.717, 1.165) is 26.0 Å². The summed E-state index contributed by atoms with van der Waals surface area (Å²) in [6.45, 7) is 8.85. The molecular formula is C16H26N2O. The largest absolute Gasteiger partial charge is 0.378 e. The lowest BCUT2D eigenvalue weighted by atomic mass is 9.72. The van der Waals surface area contributed by atoms with Crippen molar-refractivity contribution in [2.45, 2.75) is 45.3 Å². The first-order valence-corrected chi connectivity index (χ1v) is 7.31. The first kappa shape index (κ1) is 14.4. The third-order valence-corrected chi connectivity index (χ3v) is 4.23. The van der Waals surface area contributed by atoms with Gasteiger partial charge in [-0.25, -0.2) is 0 Å². The number of hydrogen-bond donors (Lipinski definition) is 1. The molecule has 2 N–H and O–H groups in total. The van der Waals surface area contributed by atoms with Gasteiger partial charge in [-0.1, -0.05) is 17.7 Å². The van der Waals surface area contributed by atoms with E-state index in [1.165, 1.54) is 11.3 Å². The highest BCUT2D eigenvalue weighted by Crippen LogP contribution is 2.41. The first-order chi connectivity index (χ1) is 9.15. The van der Waals surface area contributed by atoms with Crippen molar-refractivity contribution in [3.8, 4) is 0 Å². The Labute approximate surface area is 116 Å². The predicted octanol–water partition coefficient (Wildman–Crippen LogP) is 2.72. The summed E-state index contributed by atoms with van der Waals surface area (Å²) in [7, 11) is 0. The van der Waals surface area contributed by atoms with Crippen LogP contribution in [0.25, 0.3) is 0 Å². The number of hydrogen-bond acceptors (Lipinski definition) is 3. The number of rotatable bonds is 6. The molecule has 1 fully saturated rings. The monoisotopic (exact) mass is 262 g/mol. The van der Waals surface area contributed by atoms with Crippen molar-refractivity contribution in [1.82, 2.24) is 0 Å². The van der Waals surface area contributed by atoms with Gasteiger partial charge in [0.25, 0.3) is 0 Å². The predicted molar refractivity (Wildman–Crippen MR) is 80.6 cm³/mol. The molecule has 1 aromatic rings. The van der Waals surface area contributed by atoms with Gasteiger partial charge in [-0.3, -0.25) is 0 Å². The van der Waals surface area contributed by atoms with Crippen LogP contribution < -0.4 is 10.6 Å². The summed E-state index contributed by atoms with van der Waals surface area (Å²) in [5.41, 5.74) is 8.73. The standard InChI is InChI=1S/C16H26N2O/c1-4-18(14-8-6-13(3)7-9-14)16(12-17)10-15(11-16)19-5-2/h6-9,15H,4-5,10-12,17H2,1-3H3. The van der Waals surface area contributed by atoms with E-state index in [0.29, 0.717) is 12.6 Å². The van der Waals surface area contributed by atoms with E-state index < -0.39 is 0 Å². The normalized spacial score (nSPS) is 26.0. The summed E-state index contributed by atoms with van der Waals surface area (Å²) in [5, 5.41) is 0. The van der Waals surface area contributed by atoms with E-state index in [1.54, 1.807) is 0 Å². The van der Waals surface area contributed by atoms with Gasteiger partial charge in [0, 0.05) is 25.4 Å². The second-order valence-electron chi connectivity index (χ2n) is 5.49. The van der Waals surface area contributed by atoms with Crippen molar-refractivity contribution >= 4 is 5.69 Å². The molecule has 19 heavy (non-hydrogen) atoms. The van der Waals surface area contributed by atoms with Gasteiger partial charge < -0.3 is 15.4 Å². The number of likely N-dealkylation sites (N-methyl/N-ethyl adjacent to an activating group) is 1. The van der Waals surface area contributed by atoms with Crippen LogP contribution >= 0.6 is 0 Å². The van der Waals surface area contributed by atoms with Gasteiger partial charge in [0.2, 0.25) is 0 Å². The molecule has 0 spiro atoms. The Bertz CT molecular complexity index is 396. The average Bonchev–Trinajstić information content (AvgIpc) is 2.38. The Morgan fingerprint density at radius 3 is 2.37 bits per heavy atom. The van der Waals surface area contributed by atoms with E-state index in [4.69, 9.17) is 10.5 Å². The molecule has 1 aliphatic carbocycles. The first-order valence-electron chi connectivity index (χ1n) is 7.31.